The second-order valence-corrected chi connectivity index (χ2v) is 5.63. The van der Waals surface area contributed by atoms with Gasteiger partial charge in [-0.05, 0) is 31.0 Å². The molecule has 0 saturated carbocycles. The van der Waals surface area contributed by atoms with Crippen LogP contribution >= 0.6 is 11.8 Å². The summed E-state index contributed by atoms with van der Waals surface area (Å²) in [7, 11) is 0. The van der Waals surface area contributed by atoms with Crippen LogP contribution in [0.3, 0.4) is 0 Å². The molecule has 0 bridgehead atoms. The molecule has 1 heterocycles. The van der Waals surface area contributed by atoms with E-state index in [0.29, 0.717) is 0 Å². The summed E-state index contributed by atoms with van der Waals surface area (Å²) in [6.45, 7) is 5.26. The van der Waals surface area contributed by atoms with Crippen molar-refractivity contribution in [1.82, 2.24) is 4.98 Å². The average molecular weight is 272 g/mol. The van der Waals surface area contributed by atoms with Crippen LogP contribution in [0.5, 0.6) is 0 Å². The van der Waals surface area contributed by atoms with Crippen molar-refractivity contribution in [2.45, 2.75) is 30.9 Å². The third-order valence-electron chi connectivity index (χ3n) is 2.78. The van der Waals surface area contributed by atoms with Crippen LogP contribution in [0.2, 0.25) is 0 Å². The van der Waals surface area contributed by atoms with Crippen molar-refractivity contribution in [1.29, 1.82) is 0 Å². The Morgan fingerprint density at radius 1 is 1.21 bits per heavy atom. The van der Waals surface area contributed by atoms with Crippen molar-refractivity contribution >= 4 is 17.6 Å². The van der Waals surface area contributed by atoms with Crippen LogP contribution in [0.15, 0.2) is 47.5 Å². The van der Waals surface area contributed by atoms with Crippen LogP contribution in [0.1, 0.15) is 24.5 Å². The second kappa shape index (κ2) is 7.19. The van der Waals surface area contributed by atoms with Crippen LogP contribution < -0.4 is 5.32 Å². The molecule has 0 amide bonds. The quantitative estimate of drug-likeness (QED) is 0.783. The summed E-state index contributed by atoms with van der Waals surface area (Å²) >= 11 is 1.85. The van der Waals surface area contributed by atoms with Crippen LogP contribution in [0.4, 0.5) is 5.82 Å². The van der Waals surface area contributed by atoms with Crippen molar-refractivity contribution in [3.8, 4) is 0 Å². The molecular formula is C16H20N2S. The Morgan fingerprint density at radius 3 is 2.89 bits per heavy atom. The van der Waals surface area contributed by atoms with E-state index in [1.807, 2.05) is 18.0 Å². The number of nitrogens with one attached hydrogen (secondary N) is 1. The number of nitrogens with zero attached hydrogens (tertiary/aromatic N) is 1. The van der Waals surface area contributed by atoms with Gasteiger partial charge in [0.2, 0.25) is 0 Å². The van der Waals surface area contributed by atoms with Gasteiger partial charge < -0.3 is 5.32 Å². The van der Waals surface area contributed by atoms with Gasteiger partial charge in [0.25, 0.3) is 0 Å². The summed E-state index contributed by atoms with van der Waals surface area (Å²) in [5, 5.41) is 3.32. The van der Waals surface area contributed by atoms with E-state index < -0.39 is 0 Å². The van der Waals surface area contributed by atoms with Gasteiger partial charge in [-0.15, -0.1) is 11.8 Å². The molecule has 19 heavy (non-hydrogen) atoms. The Labute approximate surface area is 119 Å². The predicted octanol–water partition coefficient (Wildman–Crippen LogP) is 4.50. The Hall–Kier alpha value is -1.48. The summed E-state index contributed by atoms with van der Waals surface area (Å²) in [5.74, 6) is 1.97. The van der Waals surface area contributed by atoms with E-state index >= 15 is 0 Å². The number of pyridine rings is 1. The van der Waals surface area contributed by atoms with Crippen molar-refractivity contribution in [2.24, 2.45) is 0 Å². The Morgan fingerprint density at radius 2 is 2.11 bits per heavy atom. The van der Waals surface area contributed by atoms with Gasteiger partial charge in [-0.25, -0.2) is 4.98 Å². The van der Waals surface area contributed by atoms with Crippen molar-refractivity contribution in [3.05, 3.63) is 53.7 Å². The number of hydrogen-bond donors (Lipinski definition) is 1. The molecule has 2 nitrogen and oxygen atoms in total. The molecule has 1 N–H and O–H groups in total. The second-order valence-electron chi connectivity index (χ2n) is 4.58. The average Bonchev–Trinajstić information content (AvgIpc) is 2.43. The minimum Gasteiger partial charge on any atom is -0.370 e. The highest BCUT2D eigenvalue weighted by molar-refractivity contribution is 7.98. The minimum absolute atomic E-state index is 0.969. The monoisotopic (exact) mass is 272 g/mol. The maximum Gasteiger partial charge on any atom is 0.126 e. The fourth-order valence-corrected chi connectivity index (χ4v) is 2.68. The first-order valence-corrected chi connectivity index (χ1v) is 7.65. The zero-order valence-electron chi connectivity index (χ0n) is 11.5. The van der Waals surface area contributed by atoms with Gasteiger partial charge in [0.15, 0.2) is 0 Å². The molecule has 0 aliphatic rings. The highest BCUT2D eigenvalue weighted by Crippen LogP contribution is 2.24. The minimum atomic E-state index is 0.969. The van der Waals surface area contributed by atoms with E-state index in [0.717, 1.165) is 24.5 Å². The number of thioether (sulfide) groups is 1. The number of anilines is 1. The molecule has 0 unspecified atom stereocenters. The summed E-state index contributed by atoms with van der Waals surface area (Å²) in [6.07, 6.45) is 2.99. The van der Waals surface area contributed by atoms with E-state index in [4.69, 9.17) is 0 Å². The first kappa shape index (κ1) is 13.9. The lowest BCUT2D eigenvalue weighted by Crippen LogP contribution is -2.01. The molecule has 0 aliphatic heterocycles. The molecular weight excluding hydrogens is 252 g/mol. The fraction of sp³-hybridized carbons (Fsp3) is 0.312. The lowest BCUT2D eigenvalue weighted by atomic mass is 10.2. The largest absolute Gasteiger partial charge is 0.370 e. The molecule has 2 rings (SSSR count). The summed E-state index contributed by atoms with van der Waals surface area (Å²) in [6, 6.07) is 12.9. The number of rotatable bonds is 6. The first-order chi connectivity index (χ1) is 9.28. The summed E-state index contributed by atoms with van der Waals surface area (Å²) in [4.78, 5) is 5.58. The zero-order valence-corrected chi connectivity index (χ0v) is 12.3. The van der Waals surface area contributed by atoms with E-state index in [1.165, 1.54) is 16.0 Å². The molecule has 2 aromatic rings. The summed E-state index contributed by atoms with van der Waals surface area (Å²) in [5.41, 5.74) is 2.68. The van der Waals surface area contributed by atoms with Crippen LogP contribution in [-0.4, -0.2) is 11.5 Å². The molecule has 0 atom stereocenters. The van der Waals surface area contributed by atoms with Gasteiger partial charge >= 0.3 is 0 Å². The van der Waals surface area contributed by atoms with Gasteiger partial charge in [-0.1, -0.05) is 36.8 Å². The lowest BCUT2D eigenvalue weighted by molar-refractivity contribution is 0.967. The fourth-order valence-electron chi connectivity index (χ4n) is 1.82. The Balaban J connectivity index is 1.95. The van der Waals surface area contributed by atoms with Crippen LogP contribution in [-0.2, 0) is 5.75 Å². The Kier molecular flexibility index (Phi) is 5.28. The van der Waals surface area contributed by atoms with Gasteiger partial charge in [-0.2, -0.15) is 0 Å². The molecule has 0 aliphatic carbocycles. The van der Waals surface area contributed by atoms with E-state index in [9.17, 15) is 0 Å². The smallest absolute Gasteiger partial charge is 0.126 e. The van der Waals surface area contributed by atoms with Crippen LogP contribution in [0, 0.1) is 6.92 Å². The number of aryl methyl sites for hydroxylation is 1. The van der Waals surface area contributed by atoms with Crippen molar-refractivity contribution < 1.29 is 0 Å². The third-order valence-corrected chi connectivity index (χ3v) is 3.84. The zero-order chi connectivity index (χ0) is 13.5. The maximum absolute atomic E-state index is 4.32. The topological polar surface area (TPSA) is 24.9 Å². The SMILES string of the molecule is CCCNc1cc(SCc2cccc(C)c2)ccn1. The molecule has 0 saturated heterocycles. The highest BCUT2D eigenvalue weighted by Gasteiger charge is 1.99. The van der Waals surface area contributed by atoms with Gasteiger partial charge in [0.05, 0.1) is 0 Å². The Bertz CT molecular complexity index is 526. The molecule has 1 aromatic carbocycles. The lowest BCUT2D eigenvalue weighted by Gasteiger charge is -2.06. The number of hydrogen-bond acceptors (Lipinski definition) is 3. The van der Waals surface area contributed by atoms with Gasteiger partial charge in [0, 0.05) is 23.4 Å². The first-order valence-electron chi connectivity index (χ1n) is 6.66. The third kappa shape index (κ3) is 4.60. The van der Waals surface area contributed by atoms with Crippen molar-refractivity contribution in [2.75, 3.05) is 11.9 Å². The molecule has 100 valence electrons. The molecule has 0 radical (unpaired) electrons. The standard InChI is InChI=1S/C16H20N2S/c1-3-8-17-16-11-15(7-9-18-16)19-12-14-6-4-5-13(2)10-14/h4-7,9-11H,3,8,12H2,1-2H3,(H,17,18). The highest BCUT2D eigenvalue weighted by atomic mass is 32.2. The van der Waals surface area contributed by atoms with Gasteiger partial charge in [-0.3, -0.25) is 0 Å². The van der Waals surface area contributed by atoms with E-state index in [2.05, 4.69) is 60.5 Å². The summed E-state index contributed by atoms with van der Waals surface area (Å²) < 4.78 is 0. The number of aromatic nitrogens is 1. The van der Waals surface area contributed by atoms with Crippen LogP contribution in [0.25, 0.3) is 0 Å². The molecule has 0 spiro atoms. The van der Waals surface area contributed by atoms with E-state index in [1.54, 1.807) is 0 Å². The molecule has 1 aromatic heterocycles. The van der Waals surface area contributed by atoms with Gasteiger partial charge in [0.1, 0.15) is 5.82 Å². The van der Waals surface area contributed by atoms with E-state index in [-0.39, 0.29) is 0 Å². The molecule has 0 fully saturated rings. The number of benzene rings is 1. The normalized spacial score (nSPS) is 10.4. The predicted molar refractivity (Wildman–Crippen MR) is 83.8 cm³/mol. The maximum atomic E-state index is 4.32. The molecule has 3 heteroatoms. The van der Waals surface area contributed by atoms with Crippen molar-refractivity contribution in [3.63, 3.8) is 0 Å².